The minimum Gasteiger partial charge on any atom is -0.504 e. The fraction of sp³-hybridized carbons (Fsp3) is 0.333. The second kappa shape index (κ2) is 8.24. The molecule has 2 N–H and O–H groups in total. The Bertz CT molecular complexity index is 1260. The third kappa shape index (κ3) is 3.18. The summed E-state index contributed by atoms with van der Waals surface area (Å²) in [5.74, 6) is 0.668. The minimum atomic E-state index is -1.10. The Hall–Kier alpha value is -3.74. The molecule has 34 heavy (non-hydrogen) atoms. The molecule has 1 unspecified atom stereocenters. The van der Waals surface area contributed by atoms with Gasteiger partial charge in [-0.25, -0.2) is 4.98 Å². The number of hydrogen-bond acceptors (Lipinski definition) is 6. The Morgan fingerprint density at radius 1 is 1.12 bits per heavy atom. The Labute approximate surface area is 199 Å². The molecule has 1 aromatic heterocycles. The lowest BCUT2D eigenvalue weighted by molar-refractivity contribution is -0.122. The predicted octanol–water partition coefficient (Wildman–Crippen LogP) is 4.44. The molecular weight excluding hydrogens is 430 g/mol. The fourth-order valence-electron chi connectivity index (χ4n) is 5.11. The summed E-state index contributed by atoms with van der Waals surface area (Å²) in [5, 5.41) is 20.4. The summed E-state index contributed by atoms with van der Waals surface area (Å²) in [6.45, 7) is 2.86. The zero-order valence-electron chi connectivity index (χ0n) is 19.7. The zero-order chi connectivity index (χ0) is 24.0. The first-order valence-corrected chi connectivity index (χ1v) is 11.7. The SMILES string of the molecule is CCCCCN1C(=O)C2(COc3cc(O)c(O)cc32)c2c(-c3ccc(N(C)C)nc3)cccc21. The summed E-state index contributed by atoms with van der Waals surface area (Å²) < 4.78 is 5.97. The number of unbranched alkanes of at least 4 members (excludes halogenated alkanes) is 2. The van der Waals surface area contributed by atoms with Gasteiger partial charge in [0.25, 0.3) is 0 Å². The maximum Gasteiger partial charge on any atom is 0.245 e. The summed E-state index contributed by atoms with van der Waals surface area (Å²) in [6, 6.07) is 12.8. The van der Waals surface area contributed by atoms with E-state index in [1.165, 1.54) is 12.1 Å². The van der Waals surface area contributed by atoms with Crippen molar-refractivity contribution in [3.8, 4) is 28.4 Å². The number of phenols is 2. The van der Waals surface area contributed by atoms with Crippen molar-refractivity contribution in [2.75, 3.05) is 37.0 Å². The monoisotopic (exact) mass is 459 g/mol. The smallest absolute Gasteiger partial charge is 0.245 e. The third-order valence-corrected chi connectivity index (χ3v) is 6.85. The van der Waals surface area contributed by atoms with Crippen LogP contribution in [-0.2, 0) is 10.2 Å². The Kier molecular flexibility index (Phi) is 5.35. The van der Waals surface area contributed by atoms with Crippen LogP contribution in [0.2, 0.25) is 0 Å². The third-order valence-electron chi connectivity index (χ3n) is 6.85. The van der Waals surface area contributed by atoms with Crippen LogP contribution in [0.3, 0.4) is 0 Å². The second-order valence-electron chi connectivity index (χ2n) is 9.19. The summed E-state index contributed by atoms with van der Waals surface area (Å²) in [6.07, 6.45) is 4.82. The highest BCUT2D eigenvalue weighted by molar-refractivity contribution is 6.13. The number of benzene rings is 2. The summed E-state index contributed by atoms with van der Waals surface area (Å²) in [4.78, 5) is 22.5. The van der Waals surface area contributed by atoms with Gasteiger partial charge in [0.05, 0.1) is 0 Å². The molecule has 1 amide bonds. The van der Waals surface area contributed by atoms with Gasteiger partial charge in [-0.1, -0.05) is 31.9 Å². The molecule has 7 heteroatoms. The summed E-state index contributed by atoms with van der Waals surface area (Å²) in [5.41, 5.74) is 3.02. The number of aromatic nitrogens is 1. The van der Waals surface area contributed by atoms with Crippen molar-refractivity contribution in [1.82, 2.24) is 4.98 Å². The minimum absolute atomic E-state index is 0.0623. The molecule has 5 rings (SSSR count). The molecule has 0 aliphatic carbocycles. The molecule has 2 aromatic carbocycles. The van der Waals surface area contributed by atoms with Crippen LogP contribution in [0.15, 0.2) is 48.7 Å². The first kappa shape index (κ1) is 22.1. The molecule has 1 spiro atoms. The van der Waals surface area contributed by atoms with Gasteiger partial charge in [0.2, 0.25) is 5.91 Å². The predicted molar refractivity (Wildman–Crippen MR) is 132 cm³/mol. The first-order valence-electron chi connectivity index (χ1n) is 11.7. The van der Waals surface area contributed by atoms with E-state index in [0.29, 0.717) is 17.9 Å². The molecular formula is C27H29N3O4. The average molecular weight is 460 g/mol. The maximum atomic E-state index is 14.1. The molecule has 0 bridgehead atoms. The molecule has 176 valence electrons. The van der Waals surface area contributed by atoms with Crippen molar-refractivity contribution in [3.63, 3.8) is 0 Å². The van der Waals surface area contributed by atoms with Gasteiger partial charge in [-0.15, -0.1) is 0 Å². The number of hydrogen-bond donors (Lipinski definition) is 2. The van der Waals surface area contributed by atoms with Crippen LogP contribution < -0.4 is 14.5 Å². The van der Waals surface area contributed by atoms with Crippen LogP contribution in [0, 0.1) is 0 Å². The van der Waals surface area contributed by atoms with Gasteiger partial charge in [0.15, 0.2) is 11.5 Å². The molecule has 1 atom stereocenters. The van der Waals surface area contributed by atoms with Crippen molar-refractivity contribution in [2.24, 2.45) is 0 Å². The van der Waals surface area contributed by atoms with E-state index in [9.17, 15) is 15.0 Å². The van der Waals surface area contributed by atoms with Crippen molar-refractivity contribution < 1.29 is 19.7 Å². The van der Waals surface area contributed by atoms with Crippen LogP contribution in [0.5, 0.6) is 17.2 Å². The van der Waals surface area contributed by atoms with Gasteiger partial charge in [-0.2, -0.15) is 0 Å². The first-order chi connectivity index (χ1) is 16.4. The fourth-order valence-corrected chi connectivity index (χ4v) is 5.11. The van der Waals surface area contributed by atoms with E-state index in [1.807, 2.05) is 60.4 Å². The highest BCUT2D eigenvalue weighted by atomic mass is 16.5. The van der Waals surface area contributed by atoms with Crippen LogP contribution in [0.25, 0.3) is 11.1 Å². The van der Waals surface area contributed by atoms with Crippen molar-refractivity contribution in [1.29, 1.82) is 0 Å². The zero-order valence-corrected chi connectivity index (χ0v) is 19.7. The van der Waals surface area contributed by atoms with Gasteiger partial charge < -0.3 is 24.7 Å². The molecule has 0 radical (unpaired) electrons. The van der Waals surface area contributed by atoms with Crippen molar-refractivity contribution in [3.05, 3.63) is 59.8 Å². The number of carbonyl (C=O) groups excluding carboxylic acids is 1. The number of anilines is 2. The molecule has 2 aliphatic heterocycles. The summed E-state index contributed by atoms with van der Waals surface area (Å²) >= 11 is 0. The van der Waals surface area contributed by atoms with E-state index < -0.39 is 5.41 Å². The van der Waals surface area contributed by atoms with Gasteiger partial charge >= 0.3 is 0 Å². The molecule has 3 aromatic rings. The number of ether oxygens (including phenoxy) is 1. The standard InChI is InChI=1S/C27H29N3O4/c1-4-5-6-12-30-20-9-7-8-18(17-10-11-24(28-15-17)29(2)3)25(20)27(26(30)33)16-34-23-14-22(32)21(31)13-19(23)27/h7-11,13-15,31-32H,4-6,12,16H2,1-3H3. The maximum absolute atomic E-state index is 14.1. The molecule has 0 fully saturated rings. The van der Waals surface area contributed by atoms with Crippen LogP contribution in [0.4, 0.5) is 11.5 Å². The van der Waals surface area contributed by atoms with Crippen LogP contribution >= 0.6 is 0 Å². The highest BCUT2D eigenvalue weighted by Crippen LogP contribution is 2.56. The van der Waals surface area contributed by atoms with E-state index in [-0.39, 0.29) is 24.0 Å². The Morgan fingerprint density at radius 2 is 1.91 bits per heavy atom. The Morgan fingerprint density at radius 3 is 2.62 bits per heavy atom. The number of fused-ring (bicyclic) bond motifs is 4. The number of phenolic OH excluding ortho intramolecular Hbond substituents is 2. The summed E-state index contributed by atoms with van der Waals surface area (Å²) in [7, 11) is 3.89. The number of amides is 1. The van der Waals surface area contributed by atoms with E-state index in [0.717, 1.165) is 47.5 Å². The largest absolute Gasteiger partial charge is 0.504 e. The van der Waals surface area contributed by atoms with E-state index >= 15 is 0 Å². The van der Waals surface area contributed by atoms with Gasteiger partial charge in [-0.3, -0.25) is 4.79 Å². The quantitative estimate of drug-likeness (QED) is 0.419. The lowest BCUT2D eigenvalue weighted by Crippen LogP contribution is -2.43. The number of pyridine rings is 1. The van der Waals surface area contributed by atoms with Crippen LogP contribution in [0.1, 0.15) is 37.3 Å². The van der Waals surface area contributed by atoms with Crippen LogP contribution in [-0.4, -0.2) is 48.4 Å². The van der Waals surface area contributed by atoms with Gasteiger partial charge in [-0.05, 0) is 36.2 Å². The molecule has 0 saturated carbocycles. The Balaban J connectivity index is 1.73. The molecule has 0 saturated heterocycles. The van der Waals surface area contributed by atoms with Gasteiger partial charge in [0.1, 0.15) is 23.6 Å². The van der Waals surface area contributed by atoms with E-state index in [2.05, 4.69) is 11.9 Å². The highest BCUT2D eigenvalue weighted by Gasteiger charge is 2.58. The van der Waals surface area contributed by atoms with Crippen molar-refractivity contribution >= 4 is 17.4 Å². The number of nitrogens with zero attached hydrogens (tertiary/aromatic N) is 3. The molecule has 3 heterocycles. The lowest BCUT2D eigenvalue weighted by Gasteiger charge is -2.24. The van der Waals surface area contributed by atoms with Crippen molar-refractivity contribution in [2.45, 2.75) is 31.6 Å². The van der Waals surface area contributed by atoms with Gasteiger partial charge in [0, 0.05) is 55.3 Å². The molecule has 2 aliphatic rings. The number of carbonyl (C=O) groups is 1. The second-order valence-corrected chi connectivity index (χ2v) is 9.19. The lowest BCUT2D eigenvalue weighted by atomic mass is 9.74. The van der Waals surface area contributed by atoms with E-state index in [1.54, 1.807) is 0 Å². The molecule has 7 nitrogen and oxygen atoms in total. The number of rotatable bonds is 6. The topological polar surface area (TPSA) is 86.1 Å². The average Bonchev–Trinajstić information content (AvgIpc) is 3.31. The number of aromatic hydroxyl groups is 2. The normalized spacial score (nSPS) is 18.2. The van der Waals surface area contributed by atoms with E-state index in [4.69, 9.17) is 4.74 Å².